The Morgan fingerprint density at radius 1 is 1.11 bits per heavy atom. The molecule has 0 radical (unpaired) electrons. The van der Waals surface area contributed by atoms with Crippen molar-refractivity contribution in [1.82, 2.24) is 10.3 Å². The highest BCUT2D eigenvalue weighted by atomic mass is 16.4. The van der Waals surface area contributed by atoms with Crippen LogP contribution in [0.3, 0.4) is 0 Å². The van der Waals surface area contributed by atoms with Gasteiger partial charge < -0.3 is 9.73 Å². The molecule has 0 aliphatic heterocycles. The molecule has 0 saturated heterocycles. The lowest BCUT2D eigenvalue weighted by molar-refractivity contribution is -0.106. The fourth-order valence-electron chi connectivity index (χ4n) is 2.22. The predicted molar refractivity (Wildman–Crippen MR) is 107 cm³/mol. The van der Waals surface area contributed by atoms with E-state index in [0.29, 0.717) is 35.8 Å². The number of nitrogens with zero attached hydrogens (tertiary/aromatic N) is 1. The van der Waals surface area contributed by atoms with Crippen molar-refractivity contribution in [2.24, 2.45) is 0 Å². The van der Waals surface area contributed by atoms with Gasteiger partial charge in [-0.1, -0.05) is 37.4 Å². The van der Waals surface area contributed by atoms with Crippen molar-refractivity contribution in [3.8, 4) is 0 Å². The van der Waals surface area contributed by atoms with Crippen LogP contribution >= 0.6 is 0 Å². The summed E-state index contributed by atoms with van der Waals surface area (Å²) in [5.41, 5.74) is 0.960. The van der Waals surface area contributed by atoms with Gasteiger partial charge in [0.15, 0.2) is 18.5 Å². The number of carbonyl (C=O) groups excluding carboxylic acids is 2. The van der Waals surface area contributed by atoms with Gasteiger partial charge in [-0.05, 0) is 38.6 Å². The van der Waals surface area contributed by atoms with Gasteiger partial charge in [0.25, 0.3) is 0 Å². The number of allylic oxidation sites excluding steroid dienone is 4. The maximum Gasteiger partial charge on any atom is 0.346 e. The van der Waals surface area contributed by atoms with Gasteiger partial charge >= 0.3 is 5.63 Å². The first-order valence-electron chi connectivity index (χ1n) is 8.54. The summed E-state index contributed by atoms with van der Waals surface area (Å²) in [6, 6.07) is 7.26. The molecule has 1 aromatic carbocycles. The van der Waals surface area contributed by atoms with Gasteiger partial charge in [-0.25, -0.2) is 9.78 Å². The Bertz CT molecular complexity index is 839. The van der Waals surface area contributed by atoms with Gasteiger partial charge in [0, 0.05) is 17.6 Å². The van der Waals surface area contributed by atoms with Gasteiger partial charge in [-0.3, -0.25) is 9.59 Å². The second-order valence-corrected chi connectivity index (χ2v) is 5.53. The van der Waals surface area contributed by atoms with Gasteiger partial charge in [0.2, 0.25) is 0 Å². The highest BCUT2D eigenvalue weighted by molar-refractivity contribution is 5.91. The van der Waals surface area contributed by atoms with Crippen molar-refractivity contribution in [1.29, 1.82) is 0 Å². The lowest BCUT2D eigenvalue weighted by Gasteiger charge is -2.01. The Morgan fingerprint density at radius 2 is 1.74 bits per heavy atom. The zero-order chi connectivity index (χ0) is 20.1. The van der Waals surface area contributed by atoms with Crippen LogP contribution in [-0.4, -0.2) is 31.1 Å². The average molecular weight is 368 g/mol. The average Bonchev–Trinajstić information content (AvgIpc) is 2.70. The summed E-state index contributed by atoms with van der Waals surface area (Å²) >= 11 is 0. The minimum atomic E-state index is -0.292. The molecule has 1 aromatic heterocycles. The first-order valence-corrected chi connectivity index (χ1v) is 8.54. The molecule has 27 heavy (non-hydrogen) atoms. The summed E-state index contributed by atoms with van der Waals surface area (Å²) in [5.74, 6) is 0.532. The zero-order valence-corrected chi connectivity index (χ0v) is 15.4. The highest BCUT2D eigenvalue weighted by Crippen LogP contribution is 2.08. The SMILES string of the molecule is C=C/C(C=O)=C(\C=C)C=O.CNCCCCc1nc2ccccc2c(=O)o1. The Morgan fingerprint density at radius 3 is 2.30 bits per heavy atom. The summed E-state index contributed by atoms with van der Waals surface area (Å²) < 4.78 is 5.18. The number of aromatic nitrogens is 1. The number of benzene rings is 1. The van der Waals surface area contributed by atoms with Crippen molar-refractivity contribution in [2.45, 2.75) is 19.3 Å². The minimum Gasteiger partial charge on any atom is -0.408 e. The van der Waals surface area contributed by atoms with Crippen molar-refractivity contribution in [2.75, 3.05) is 13.6 Å². The number of nitrogens with one attached hydrogen (secondary N) is 1. The molecule has 0 unspecified atom stereocenters. The van der Waals surface area contributed by atoms with Crippen LogP contribution in [0.1, 0.15) is 18.7 Å². The van der Waals surface area contributed by atoms with Gasteiger partial charge in [0.1, 0.15) is 0 Å². The summed E-state index contributed by atoms with van der Waals surface area (Å²) in [6.45, 7) is 7.68. The van der Waals surface area contributed by atoms with E-state index in [1.165, 1.54) is 12.2 Å². The van der Waals surface area contributed by atoms with Crippen LogP contribution in [0.5, 0.6) is 0 Å². The number of fused-ring (bicyclic) bond motifs is 1. The number of unbranched alkanes of at least 4 members (excludes halogenated alkanes) is 1. The summed E-state index contributed by atoms with van der Waals surface area (Å²) in [6.07, 6.45) is 6.50. The second kappa shape index (κ2) is 12.3. The molecule has 2 rings (SSSR count). The van der Waals surface area contributed by atoms with Crippen molar-refractivity contribution >= 4 is 23.5 Å². The molecule has 0 fully saturated rings. The number of aldehydes is 2. The number of rotatable bonds is 9. The fourth-order valence-corrected chi connectivity index (χ4v) is 2.22. The Balaban J connectivity index is 0.000000314. The zero-order valence-electron chi connectivity index (χ0n) is 15.4. The van der Waals surface area contributed by atoms with Crippen LogP contribution in [0.15, 0.2) is 69.9 Å². The molecule has 6 nitrogen and oxygen atoms in total. The Labute approximate surface area is 158 Å². The van der Waals surface area contributed by atoms with Crippen molar-refractivity contribution in [3.63, 3.8) is 0 Å². The lowest BCUT2D eigenvalue weighted by Crippen LogP contribution is -2.09. The van der Waals surface area contributed by atoms with Gasteiger partial charge in [-0.2, -0.15) is 0 Å². The third-order valence-corrected chi connectivity index (χ3v) is 3.67. The van der Waals surface area contributed by atoms with E-state index in [2.05, 4.69) is 23.5 Å². The maximum absolute atomic E-state index is 11.7. The third kappa shape index (κ3) is 6.95. The number of para-hydroxylation sites is 1. The second-order valence-electron chi connectivity index (χ2n) is 5.53. The topological polar surface area (TPSA) is 89.3 Å². The standard InChI is InChI=1S/C13H16N2O2.C8H8O2/c1-14-9-5-4-8-12-15-11-7-3-2-6-10(11)13(16)17-12;1-3-7(5-9)8(4-2)6-10/h2-3,6-7,14H,4-5,8-9H2,1H3;3-6H,1-2H2/b;8-7-. The molecule has 142 valence electrons. The van der Waals surface area contributed by atoms with E-state index in [1.807, 2.05) is 25.2 Å². The summed E-state index contributed by atoms with van der Waals surface area (Å²) in [4.78, 5) is 36.3. The van der Waals surface area contributed by atoms with E-state index in [4.69, 9.17) is 4.42 Å². The third-order valence-electron chi connectivity index (χ3n) is 3.67. The molecule has 0 aliphatic rings. The Hall–Kier alpha value is -3.12. The fraction of sp³-hybridized carbons (Fsp3) is 0.238. The van der Waals surface area contributed by atoms with E-state index >= 15 is 0 Å². The Kier molecular flexibility index (Phi) is 9.96. The highest BCUT2D eigenvalue weighted by Gasteiger charge is 2.05. The summed E-state index contributed by atoms with van der Waals surface area (Å²) in [7, 11) is 1.92. The molecule has 0 aliphatic carbocycles. The van der Waals surface area contributed by atoms with Crippen molar-refractivity contribution < 1.29 is 14.0 Å². The maximum atomic E-state index is 11.7. The minimum absolute atomic E-state index is 0.269. The molecule has 1 heterocycles. The van der Waals surface area contributed by atoms with E-state index in [-0.39, 0.29) is 16.8 Å². The first-order chi connectivity index (χ1) is 13.1. The number of carbonyl (C=O) groups is 2. The van der Waals surface area contributed by atoms with Gasteiger partial charge in [0.05, 0.1) is 10.9 Å². The molecular formula is C21H24N2O4. The van der Waals surface area contributed by atoms with E-state index in [0.717, 1.165) is 19.4 Å². The molecule has 0 amide bonds. The van der Waals surface area contributed by atoms with Crippen LogP contribution in [0.2, 0.25) is 0 Å². The normalized spacial score (nSPS) is 11.0. The molecule has 1 N–H and O–H groups in total. The van der Waals surface area contributed by atoms with Crippen LogP contribution in [0.4, 0.5) is 0 Å². The molecule has 0 spiro atoms. The molecule has 6 heteroatoms. The predicted octanol–water partition coefficient (Wildman–Crippen LogP) is 2.78. The molecule has 0 saturated carbocycles. The molecule has 0 atom stereocenters. The number of hydrogen-bond acceptors (Lipinski definition) is 6. The largest absolute Gasteiger partial charge is 0.408 e. The molecule has 0 bridgehead atoms. The smallest absolute Gasteiger partial charge is 0.346 e. The van der Waals surface area contributed by atoms with Crippen molar-refractivity contribution in [3.05, 3.63) is 77.0 Å². The lowest BCUT2D eigenvalue weighted by atomic mass is 10.1. The van der Waals surface area contributed by atoms with Crippen LogP contribution in [0, 0.1) is 0 Å². The molecule has 2 aromatic rings. The van der Waals surface area contributed by atoms with E-state index in [1.54, 1.807) is 6.07 Å². The van der Waals surface area contributed by atoms with E-state index < -0.39 is 0 Å². The summed E-state index contributed by atoms with van der Waals surface area (Å²) in [5, 5.41) is 3.63. The monoisotopic (exact) mass is 368 g/mol. The number of hydrogen-bond donors (Lipinski definition) is 1. The van der Waals surface area contributed by atoms with Gasteiger partial charge in [-0.15, -0.1) is 0 Å². The number of aryl methyl sites for hydroxylation is 1. The van der Waals surface area contributed by atoms with Crippen LogP contribution < -0.4 is 10.9 Å². The first kappa shape index (κ1) is 21.9. The van der Waals surface area contributed by atoms with Crippen LogP contribution in [-0.2, 0) is 16.0 Å². The quantitative estimate of drug-likeness (QED) is 0.317. The van der Waals surface area contributed by atoms with Crippen LogP contribution in [0.25, 0.3) is 10.9 Å². The molecular weight excluding hydrogens is 344 g/mol. The van der Waals surface area contributed by atoms with E-state index in [9.17, 15) is 14.4 Å².